The van der Waals surface area contributed by atoms with Gasteiger partial charge in [0, 0.05) is 43.8 Å². The Bertz CT molecular complexity index is 734. The third-order valence-electron chi connectivity index (χ3n) is 3.96. The van der Waals surface area contributed by atoms with E-state index in [0.717, 1.165) is 35.4 Å². The Morgan fingerprint density at radius 2 is 2.08 bits per heavy atom. The Labute approximate surface area is 178 Å². The molecule has 0 atom stereocenters. The van der Waals surface area contributed by atoms with Crippen molar-refractivity contribution in [2.45, 2.75) is 53.6 Å². The van der Waals surface area contributed by atoms with E-state index in [4.69, 9.17) is 4.99 Å². The van der Waals surface area contributed by atoms with E-state index in [2.05, 4.69) is 61.2 Å². The molecule has 0 aromatic carbocycles. The van der Waals surface area contributed by atoms with E-state index in [1.807, 2.05) is 18.7 Å². The average molecular weight is 490 g/mol. The first-order valence-corrected chi connectivity index (χ1v) is 9.58. The molecule has 0 saturated carbocycles. The van der Waals surface area contributed by atoms with Gasteiger partial charge in [0.25, 0.3) is 0 Å². The van der Waals surface area contributed by atoms with Gasteiger partial charge in [-0.05, 0) is 26.7 Å². The standard InChI is InChI=1S/C18H30N6S.HI/c1-8-19-18(20-9-16-13(4)21-14(5)25-16)23(6)10-15-11-24(7)22-17(15)12(2)3;/h11-12H,8-10H2,1-7H3,(H,19,20);1H. The molecule has 0 amide bonds. The van der Waals surface area contributed by atoms with Crippen LogP contribution in [-0.2, 0) is 20.1 Å². The van der Waals surface area contributed by atoms with E-state index in [-0.39, 0.29) is 24.0 Å². The maximum absolute atomic E-state index is 4.81. The quantitative estimate of drug-likeness (QED) is 0.380. The van der Waals surface area contributed by atoms with Gasteiger partial charge in [0.2, 0.25) is 0 Å². The topological polar surface area (TPSA) is 58.3 Å². The molecule has 0 radical (unpaired) electrons. The molecule has 0 spiro atoms. The maximum atomic E-state index is 4.81. The van der Waals surface area contributed by atoms with Crippen LogP contribution in [0, 0.1) is 13.8 Å². The van der Waals surface area contributed by atoms with Crippen LogP contribution in [0.4, 0.5) is 0 Å². The molecule has 0 aliphatic carbocycles. The fourth-order valence-electron chi connectivity index (χ4n) is 2.83. The summed E-state index contributed by atoms with van der Waals surface area (Å²) in [4.78, 5) is 12.7. The molecule has 0 aliphatic rings. The second-order valence-corrected chi connectivity index (χ2v) is 7.92. The van der Waals surface area contributed by atoms with Crippen LogP contribution >= 0.6 is 35.3 Å². The van der Waals surface area contributed by atoms with Gasteiger partial charge < -0.3 is 10.2 Å². The average Bonchev–Trinajstić information content (AvgIpc) is 3.05. The van der Waals surface area contributed by atoms with Crippen molar-refractivity contribution in [1.29, 1.82) is 0 Å². The van der Waals surface area contributed by atoms with Crippen molar-refractivity contribution in [2.75, 3.05) is 13.6 Å². The highest BCUT2D eigenvalue weighted by Gasteiger charge is 2.15. The lowest BCUT2D eigenvalue weighted by Crippen LogP contribution is -2.38. The fourth-order valence-corrected chi connectivity index (χ4v) is 3.69. The van der Waals surface area contributed by atoms with Gasteiger partial charge in [0.1, 0.15) is 0 Å². The molecule has 2 heterocycles. The van der Waals surface area contributed by atoms with Crippen molar-refractivity contribution in [3.05, 3.63) is 33.0 Å². The predicted molar refractivity (Wildman–Crippen MR) is 121 cm³/mol. The Kier molecular flexibility index (Phi) is 9.02. The molecule has 146 valence electrons. The normalized spacial score (nSPS) is 11.6. The first-order valence-electron chi connectivity index (χ1n) is 8.76. The number of hydrogen-bond acceptors (Lipinski definition) is 4. The largest absolute Gasteiger partial charge is 0.357 e. The summed E-state index contributed by atoms with van der Waals surface area (Å²) in [5.41, 5.74) is 3.48. The van der Waals surface area contributed by atoms with Crippen molar-refractivity contribution < 1.29 is 0 Å². The van der Waals surface area contributed by atoms with Crippen LogP contribution in [0.25, 0.3) is 0 Å². The first-order chi connectivity index (χ1) is 11.8. The lowest BCUT2D eigenvalue weighted by atomic mass is 10.1. The summed E-state index contributed by atoms with van der Waals surface area (Å²) < 4.78 is 1.89. The number of hydrogen-bond donors (Lipinski definition) is 1. The number of nitrogens with zero attached hydrogens (tertiary/aromatic N) is 5. The smallest absolute Gasteiger partial charge is 0.194 e. The van der Waals surface area contributed by atoms with E-state index in [0.29, 0.717) is 12.5 Å². The van der Waals surface area contributed by atoms with Gasteiger partial charge in [0.15, 0.2) is 5.96 Å². The number of nitrogens with one attached hydrogen (secondary N) is 1. The van der Waals surface area contributed by atoms with Crippen LogP contribution in [0.5, 0.6) is 0 Å². The molecular formula is C18H31IN6S. The van der Waals surface area contributed by atoms with Crippen LogP contribution in [0.1, 0.15) is 53.5 Å². The van der Waals surface area contributed by atoms with Crippen LogP contribution in [0.2, 0.25) is 0 Å². The zero-order chi connectivity index (χ0) is 18.6. The van der Waals surface area contributed by atoms with E-state index >= 15 is 0 Å². The molecule has 26 heavy (non-hydrogen) atoms. The highest BCUT2D eigenvalue weighted by molar-refractivity contribution is 14.0. The third kappa shape index (κ3) is 5.94. The Morgan fingerprint density at radius 3 is 2.62 bits per heavy atom. The molecule has 0 saturated heterocycles. The number of thiazole rings is 1. The molecule has 2 rings (SSSR count). The van der Waals surface area contributed by atoms with Gasteiger partial charge in [-0.15, -0.1) is 35.3 Å². The van der Waals surface area contributed by atoms with Gasteiger partial charge in [0.05, 0.1) is 22.9 Å². The van der Waals surface area contributed by atoms with Crippen molar-refractivity contribution in [3.63, 3.8) is 0 Å². The molecule has 0 fully saturated rings. The first kappa shape index (κ1) is 22.9. The summed E-state index contributed by atoms with van der Waals surface area (Å²) in [6, 6.07) is 0. The molecule has 0 unspecified atom stereocenters. The fraction of sp³-hybridized carbons (Fsp3) is 0.611. The number of aromatic nitrogens is 3. The summed E-state index contributed by atoms with van der Waals surface area (Å²) in [5, 5.41) is 9.08. The van der Waals surface area contributed by atoms with E-state index in [1.54, 1.807) is 11.3 Å². The van der Waals surface area contributed by atoms with Gasteiger partial charge in [-0.3, -0.25) is 4.68 Å². The zero-order valence-corrected chi connectivity index (χ0v) is 20.0. The summed E-state index contributed by atoms with van der Waals surface area (Å²) in [5.74, 6) is 1.32. The van der Waals surface area contributed by atoms with Crippen LogP contribution in [-0.4, -0.2) is 39.2 Å². The predicted octanol–water partition coefficient (Wildman–Crippen LogP) is 3.83. The summed E-state index contributed by atoms with van der Waals surface area (Å²) in [6.07, 6.45) is 2.10. The van der Waals surface area contributed by atoms with Gasteiger partial charge in [-0.2, -0.15) is 5.10 Å². The monoisotopic (exact) mass is 490 g/mol. The van der Waals surface area contributed by atoms with Crippen LogP contribution in [0.15, 0.2) is 11.2 Å². The Hall–Kier alpha value is -1.16. The van der Waals surface area contributed by atoms with Gasteiger partial charge >= 0.3 is 0 Å². The number of aliphatic imine (C=N–C) groups is 1. The molecule has 6 nitrogen and oxygen atoms in total. The number of aryl methyl sites for hydroxylation is 3. The molecule has 8 heteroatoms. The molecule has 0 bridgehead atoms. The molecule has 0 aliphatic heterocycles. The SMILES string of the molecule is CCNC(=NCc1sc(C)nc1C)N(C)Cc1cn(C)nc1C(C)C.I. The minimum Gasteiger partial charge on any atom is -0.357 e. The zero-order valence-electron chi connectivity index (χ0n) is 16.8. The number of guanidine groups is 1. The minimum atomic E-state index is 0. The summed E-state index contributed by atoms with van der Waals surface area (Å²) >= 11 is 1.72. The summed E-state index contributed by atoms with van der Waals surface area (Å²) in [7, 11) is 4.05. The second-order valence-electron chi connectivity index (χ2n) is 6.64. The Morgan fingerprint density at radius 1 is 1.38 bits per heavy atom. The minimum absolute atomic E-state index is 0. The number of halogens is 1. The molecule has 2 aromatic heterocycles. The third-order valence-corrected chi connectivity index (χ3v) is 5.02. The van der Waals surface area contributed by atoms with Crippen molar-refractivity contribution in [1.82, 2.24) is 25.0 Å². The van der Waals surface area contributed by atoms with E-state index in [9.17, 15) is 0 Å². The molecule has 2 aromatic rings. The summed E-state index contributed by atoms with van der Waals surface area (Å²) in [6.45, 7) is 12.8. The molecular weight excluding hydrogens is 459 g/mol. The van der Waals surface area contributed by atoms with Crippen molar-refractivity contribution in [2.24, 2.45) is 12.0 Å². The highest BCUT2D eigenvalue weighted by Crippen LogP contribution is 2.20. The lowest BCUT2D eigenvalue weighted by Gasteiger charge is -2.22. The number of rotatable bonds is 6. The van der Waals surface area contributed by atoms with E-state index in [1.165, 1.54) is 10.4 Å². The van der Waals surface area contributed by atoms with Gasteiger partial charge in [-0.25, -0.2) is 9.98 Å². The van der Waals surface area contributed by atoms with Crippen LogP contribution in [0.3, 0.4) is 0 Å². The second kappa shape index (κ2) is 10.2. The van der Waals surface area contributed by atoms with Gasteiger partial charge in [-0.1, -0.05) is 13.8 Å². The van der Waals surface area contributed by atoms with Crippen molar-refractivity contribution >= 4 is 41.3 Å². The lowest BCUT2D eigenvalue weighted by molar-refractivity contribution is 0.473. The Balaban J connectivity index is 0.00000338. The van der Waals surface area contributed by atoms with Crippen LogP contribution < -0.4 is 5.32 Å². The maximum Gasteiger partial charge on any atom is 0.194 e. The highest BCUT2D eigenvalue weighted by atomic mass is 127. The van der Waals surface area contributed by atoms with Crippen molar-refractivity contribution in [3.8, 4) is 0 Å². The van der Waals surface area contributed by atoms with E-state index < -0.39 is 0 Å². The molecule has 1 N–H and O–H groups in total.